The minimum Gasteiger partial charge on any atom is -0.380 e. The van der Waals surface area contributed by atoms with Crippen molar-refractivity contribution < 1.29 is 18.0 Å². The third-order valence-corrected chi connectivity index (χ3v) is 2.49. The number of nitrogens with one attached hydrogen (secondary N) is 2. The molecule has 0 radical (unpaired) electrons. The van der Waals surface area contributed by atoms with Gasteiger partial charge in [0.05, 0.1) is 5.56 Å². The molecule has 1 rings (SSSR count). The molecule has 3 nitrogen and oxygen atoms in total. The maximum absolute atomic E-state index is 13.7. The van der Waals surface area contributed by atoms with Crippen LogP contribution < -0.4 is 10.6 Å². The first-order valence-corrected chi connectivity index (χ1v) is 6.22. The molecule has 0 atom stereocenters. The van der Waals surface area contributed by atoms with E-state index < -0.39 is 34.6 Å². The van der Waals surface area contributed by atoms with E-state index >= 15 is 0 Å². The Morgan fingerprint density at radius 3 is 2.32 bits per heavy atom. The van der Waals surface area contributed by atoms with E-state index in [-0.39, 0.29) is 0 Å². The Morgan fingerprint density at radius 1 is 1.11 bits per heavy atom. The topological polar surface area (TPSA) is 41.1 Å². The van der Waals surface area contributed by atoms with Gasteiger partial charge >= 0.3 is 0 Å². The zero-order valence-corrected chi connectivity index (χ0v) is 10.9. The van der Waals surface area contributed by atoms with Crippen LogP contribution in [0.3, 0.4) is 0 Å². The van der Waals surface area contributed by atoms with Crippen LogP contribution in [0.25, 0.3) is 0 Å². The van der Waals surface area contributed by atoms with E-state index in [1.54, 1.807) is 0 Å². The van der Waals surface area contributed by atoms with Crippen LogP contribution in [0.5, 0.6) is 0 Å². The fourth-order valence-corrected chi connectivity index (χ4v) is 1.51. The number of carbonyl (C=O) groups is 1. The standard InChI is InChI=1S/C13H17F3N2O/c1-3-5-17-12-9(14)7-8(10(15)11(12)16)13(19)18-6-4-2/h7,17H,3-6H2,1-2H3,(H,18,19). The van der Waals surface area contributed by atoms with Gasteiger partial charge < -0.3 is 10.6 Å². The van der Waals surface area contributed by atoms with E-state index in [4.69, 9.17) is 0 Å². The van der Waals surface area contributed by atoms with Crippen molar-refractivity contribution in [3.05, 3.63) is 29.1 Å². The molecule has 1 amide bonds. The van der Waals surface area contributed by atoms with Gasteiger partial charge in [-0.2, -0.15) is 0 Å². The van der Waals surface area contributed by atoms with Crippen LogP contribution in [0, 0.1) is 17.5 Å². The smallest absolute Gasteiger partial charge is 0.254 e. The van der Waals surface area contributed by atoms with E-state index in [9.17, 15) is 18.0 Å². The summed E-state index contributed by atoms with van der Waals surface area (Å²) in [5, 5.41) is 4.83. The number of anilines is 1. The Morgan fingerprint density at radius 2 is 1.74 bits per heavy atom. The lowest BCUT2D eigenvalue weighted by Crippen LogP contribution is -2.26. The van der Waals surface area contributed by atoms with Crippen molar-refractivity contribution in [1.82, 2.24) is 5.32 Å². The minimum absolute atomic E-state index is 0.314. The van der Waals surface area contributed by atoms with Crippen LogP contribution in [0.1, 0.15) is 37.0 Å². The molecule has 0 unspecified atom stereocenters. The number of halogens is 3. The van der Waals surface area contributed by atoms with E-state index in [0.717, 1.165) is 0 Å². The van der Waals surface area contributed by atoms with E-state index in [1.165, 1.54) is 0 Å². The van der Waals surface area contributed by atoms with Gasteiger partial charge in [-0.3, -0.25) is 4.79 Å². The highest BCUT2D eigenvalue weighted by Crippen LogP contribution is 2.24. The van der Waals surface area contributed by atoms with Gasteiger partial charge in [0.2, 0.25) is 0 Å². The summed E-state index contributed by atoms with van der Waals surface area (Å²) in [6.45, 7) is 4.26. The second kappa shape index (κ2) is 7.01. The third-order valence-electron chi connectivity index (χ3n) is 2.49. The first kappa shape index (κ1) is 15.3. The van der Waals surface area contributed by atoms with Crippen molar-refractivity contribution in [2.45, 2.75) is 26.7 Å². The summed E-state index contributed by atoms with van der Waals surface area (Å²) >= 11 is 0. The number of carbonyl (C=O) groups excluding carboxylic acids is 1. The van der Waals surface area contributed by atoms with Crippen LogP contribution in [0.15, 0.2) is 6.07 Å². The molecule has 0 aliphatic carbocycles. The molecule has 106 valence electrons. The van der Waals surface area contributed by atoms with Crippen LogP contribution in [-0.4, -0.2) is 19.0 Å². The Balaban J connectivity index is 3.06. The van der Waals surface area contributed by atoms with Gasteiger partial charge in [-0.1, -0.05) is 13.8 Å². The lowest BCUT2D eigenvalue weighted by Gasteiger charge is -2.11. The van der Waals surface area contributed by atoms with Crippen molar-refractivity contribution >= 4 is 11.6 Å². The highest BCUT2D eigenvalue weighted by Gasteiger charge is 2.22. The second-order valence-corrected chi connectivity index (χ2v) is 4.09. The van der Waals surface area contributed by atoms with Crippen LogP contribution in [0.2, 0.25) is 0 Å². The van der Waals surface area contributed by atoms with Gasteiger partial charge in [0.15, 0.2) is 11.6 Å². The molecule has 0 fully saturated rings. The summed E-state index contributed by atoms with van der Waals surface area (Å²) in [6.07, 6.45) is 1.29. The van der Waals surface area contributed by atoms with Crippen molar-refractivity contribution in [3.63, 3.8) is 0 Å². The molecule has 0 aliphatic rings. The molecule has 0 bridgehead atoms. The number of rotatable bonds is 6. The largest absolute Gasteiger partial charge is 0.380 e. The molecule has 1 aromatic rings. The monoisotopic (exact) mass is 274 g/mol. The number of amides is 1. The average molecular weight is 274 g/mol. The summed E-state index contributed by atoms with van der Waals surface area (Å²) in [5.41, 5.74) is -1.16. The molecule has 0 saturated heterocycles. The molecule has 19 heavy (non-hydrogen) atoms. The molecular weight excluding hydrogens is 257 g/mol. The molecule has 0 spiro atoms. The van der Waals surface area contributed by atoms with Crippen LogP contribution in [0.4, 0.5) is 18.9 Å². The Hall–Kier alpha value is -1.72. The van der Waals surface area contributed by atoms with Gasteiger partial charge in [0.25, 0.3) is 5.91 Å². The van der Waals surface area contributed by atoms with E-state index in [2.05, 4.69) is 10.6 Å². The lowest BCUT2D eigenvalue weighted by molar-refractivity contribution is 0.0948. The Bertz CT molecular complexity index is 464. The second-order valence-electron chi connectivity index (χ2n) is 4.09. The van der Waals surface area contributed by atoms with Gasteiger partial charge in [-0.05, 0) is 18.9 Å². The average Bonchev–Trinajstić information content (AvgIpc) is 2.40. The molecule has 0 aliphatic heterocycles. The molecule has 6 heteroatoms. The van der Waals surface area contributed by atoms with Crippen molar-refractivity contribution in [3.8, 4) is 0 Å². The fourth-order valence-electron chi connectivity index (χ4n) is 1.51. The zero-order chi connectivity index (χ0) is 14.4. The summed E-state index contributed by atoms with van der Waals surface area (Å²) in [5.74, 6) is -4.50. The number of hydrogen-bond donors (Lipinski definition) is 2. The first-order valence-electron chi connectivity index (χ1n) is 6.22. The lowest BCUT2D eigenvalue weighted by atomic mass is 10.1. The zero-order valence-electron chi connectivity index (χ0n) is 10.9. The molecule has 1 aromatic carbocycles. The summed E-state index contributed by atoms with van der Waals surface area (Å²) in [7, 11) is 0. The highest BCUT2D eigenvalue weighted by atomic mass is 19.2. The van der Waals surface area contributed by atoms with E-state index in [1.807, 2.05) is 13.8 Å². The van der Waals surface area contributed by atoms with Gasteiger partial charge in [-0.25, -0.2) is 13.2 Å². The minimum atomic E-state index is -1.37. The molecular formula is C13H17F3N2O. The normalized spacial score (nSPS) is 10.4. The van der Waals surface area contributed by atoms with Gasteiger partial charge in [-0.15, -0.1) is 0 Å². The van der Waals surface area contributed by atoms with Crippen molar-refractivity contribution in [2.75, 3.05) is 18.4 Å². The Labute approximate surface area is 110 Å². The molecule has 0 heterocycles. The highest BCUT2D eigenvalue weighted by molar-refractivity contribution is 5.95. The number of benzene rings is 1. The SMILES string of the molecule is CCCNC(=O)c1cc(F)c(NCCC)c(F)c1F. The predicted molar refractivity (Wildman–Crippen MR) is 67.7 cm³/mol. The number of hydrogen-bond acceptors (Lipinski definition) is 2. The Kier molecular flexibility index (Phi) is 5.66. The predicted octanol–water partition coefficient (Wildman–Crippen LogP) is 3.07. The summed E-state index contributed by atoms with van der Waals surface area (Å²) in [6, 6.07) is 0.710. The maximum atomic E-state index is 13.7. The van der Waals surface area contributed by atoms with Crippen LogP contribution in [-0.2, 0) is 0 Å². The van der Waals surface area contributed by atoms with Gasteiger partial charge in [0, 0.05) is 13.1 Å². The third kappa shape index (κ3) is 3.62. The maximum Gasteiger partial charge on any atom is 0.254 e. The quantitative estimate of drug-likeness (QED) is 0.783. The van der Waals surface area contributed by atoms with Gasteiger partial charge in [0.1, 0.15) is 11.5 Å². The van der Waals surface area contributed by atoms with Crippen molar-refractivity contribution in [2.24, 2.45) is 0 Å². The molecule has 0 saturated carbocycles. The fraction of sp³-hybridized carbons (Fsp3) is 0.462. The van der Waals surface area contributed by atoms with E-state index in [0.29, 0.717) is 32.0 Å². The molecule has 2 N–H and O–H groups in total. The summed E-state index contributed by atoms with van der Waals surface area (Å²) in [4.78, 5) is 11.5. The van der Waals surface area contributed by atoms with Crippen molar-refractivity contribution in [1.29, 1.82) is 0 Å². The molecule has 0 aromatic heterocycles. The summed E-state index contributed by atoms with van der Waals surface area (Å²) < 4.78 is 41.0. The first-order chi connectivity index (χ1) is 9.02. The van der Waals surface area contributed by atoms with Crippen LogP contribution >= 0.6 is 0 Å².